The van der Waals surface area contributed by atoms with Gasteiger partial charge in [0.2, 0.25) is 0 Å². The Morgan fingerprint density at radius 1 is 0.719 bits per heavy atom. The van der Waals surface area contributed by atoms with Crippen LogP contribution in [0.15, 0.2) is 66.9 Å². The van der Waals surface area contributed by atoms with Gasteiger partial charge in [0.25, 0.3) is 0 Å². The van der Waals surface area contributed by atoms with E-state index in [1.807, 2.05) is 0 Å². The van der Waals surface area contributed by atoms with Gasteiger partial charge in [-0.05, 0) is 0 Å². The van der Waals surface area contributed by atoms with E-state index in [-0.39, 0.29) is 0 Å². The maximum atomic E-state index is 5.11. The topological polar surface area (TPSA) is 17.3 Å². The van der Waals surface area contributed by atoms with E-state index in [0.717, 1.165) is 5.65 Å². The van der Waals surface area contributed by atoms with Crippen molar-refractivity contribution in [2.24, 2.45) is 0 Å². The van der Waals surface area contributed by atoms with Crippen molar-refractivity contribution in [3.05, 3.63) is 66.9 Å². The molecule has 2 aromatic carbocycles. The summed E-state index contributed by atoms with van der Waals surface area (Å²) in [6.07, 6.45) is 10.3. The number of unbranched alkanes of at least 4 members (excludes halogenated alkanes) is 3. The predicted molar refractivity (Wildman–Crippen MR) is 143 cm³/mol. The number of nitrogens with zero attached hydrogens (tertiary/aromatic N) is 2. The zero-order chi connectivity index (χ0) is 22.4. The van der Waals surface area contributed by atoms with Gasteiger partial charge in [-0.1, -0.05) is 0 Å². The molecule has 0 atom stereocenters. The van der Waals surface area contributed by atoms with Gasteiger partial charge in [-0.15, -0.1) is 0 Å². The molecule has 0 radical (unpaired) electrons. The molecule has 0 amide bonds. The van der Waals surface area contributed by atoms with E-state index in [9.17, 15) is 0 Å². The van der Waals surface area contributed by atoms with Crippen LogP contribution in [0.1, 0.15) is 59.3 Å². The maximum absolute atomic E-state index is 5.11. The van der Waals surface area contributed by atoms with Crippen molar-refractivity contribution < 1.29 is 0 Å². The molecule has 0 saturated heterocycles. The first-order chi connectivity index (χ1) is 15.7. The van der Waals surface area contributed by atoms with Crippen LogP contribution >= 0.6 is 0 Å². The van der Waals surface area contributed by atoms with Gasteiger partial charge in [-0.25, -0.2) is 0 Å². The quantitative estimate of drug-likeness (QED) is 0.178. The Kier molecular flexibility index (Phi) is 7.93. The van der Waals surface area contributed by atoms with Crippen molar-refractivity contribution in [3.8, 4) is 11.1 Å². The summed E-state index contributed by atoms with van der Waals surface area (Å²) >= 11 is -2.44. The molecule has 0 spiro atoms. The van der Waals surface area contributed by atoms with E-state index in [1.54, 1.807) is 3.58 Å². The van der Waals surface area contributed by atoms with Crippen molar-refractivity contribution in [2.75, 3.05) is 0 Å². The third kappa shape index (κ3) is 4.90. The molecule has 2 nitrogen and oxygen atoms in total. The van der Waals surface area contributed by atoms with Crippen LogP contribution in [-0.4, -0.2) is 27.8 Å². The summed E-state index contributed by atoms with van der Waals surface area (Å²) in [7, 11) is 0. The molecule has 0 aliphatic rings. The van der Waals surface area contributed by atoms with Crippen molar-refractivity contribution >= 4 is 38.6 Å². The molecule has 0 unspecified atom stereocenters. The Morgan fingerprint density at radius 3 is 2.00 bits per heavy atom. The van der Waals surface area contributed by atoms with Gasteiger partial charge in [-0.2, -0.15) is 0 Å². The molecule has 0 N–H and O–H groups in total. The first-order valence-corrected chi connectivity index (χ1v) is 20.2. The molecule has 0 bridgehead atoms. The molecule has 32 heavy (non-hydrogen) atoms. The number of benzene rings is 2. The average molecular weight is 533 g/mol. The first kappa shape index (κ1) is 23.4. The molecule has 0 aliphatic heterocycles. The molecule has 2 aromatic heterocycles. The molecule has 4 rings (SSSR count). The zero-order valence-corrected chi connectivity index (χ0v) is 23.0. The van der Waals surface area contributed by atoms with E-state index in [4.69, 9.17) is 4.98 Å². The summed E-state index contributed by atoms with van der Waals surface area (Å²) in [4.78, 5) is 5.11. The monoisotopic (exact) mass is 534 g/mol. The number of fused-ring (bicyclic) bond motifs is 3. The van der Waals surface area contributed by atoms with Crippen LogP contribution in [0, 0.1) is 0 Å². The second-order valence-electron chi connectivity index (χ2n) is 9.42. The molecule has 0 aliphatic carbocycles. The van der Waals surface area contributed by atoms with Crippen molar-refractivity contribution in [3.63, 3.8) is 0 Å². The fraction of sp³-hybridized carbons (Fsp3) is 0.414. The van der Waals surface area contributed by atoms with Crippen molar-refractivity contribution in [2.45, 2.75) is 72.6 Å². The Balaban J connectivity index is 1.77. The van der Waals surface area contributed by atoms with Crippen LogP contribution in [0.4, 0.5) is 0 Å². The number of pyridine rings is 1. The number of aromatic nitrogens is 2. The second kappa shape index (κ2) is 10.9. The third-order valence-electron chi connectivity index (χ3n) is 7.15. The summed E-state index contributed by atoms with van der Waals surface area (Å²) in [6.45, 7) is 7.06. The van der Waals surface area contributed by atoms with E-state index in [0.29, 0.717) is 0 Å². The summed E-state index contributed by atoms with van der Waals surface area (Å²) in [5.41, 5.74) is 5.95. The molecular weight excluding hydrogens is 495 g/mol. The van der Waals surface area contributed by atoms with Gasteiger partial charge in [0.15, 0.2) is 0 Å². The Bertz CT molecular complexity index is 1120. The van der Waals surface area contributed by atoms with Gasteiger partial charge in [0.05, 0.1) is 0 Å². The van der Waals surface area contributed by atoms with E-state index in [1.165, 1.54) is 74.0 Å². The van der Waals surface area contributed by atoms with Gasteiger partial charge in [0, 0.05) is 0 Å². The van der Waals surface area contributed by atoms with E-state index in [2.05, 4.69) is 92.0 Å². The van der Waals surface area contributed by atoms with Crippen LogP contribution in [0.25, 0.3) is 27.8 Å². The Morgan fingerprint density at radius 2 is 1.38 bits per heavy atom. The number of hydrogen-bond acceptors (Lipinski definition) is 1. The minimum atomic E-state index is -2.44. The van der Waals surface area contributed by atoms with Crippen molar-refractivity contribution in [1.82, 2.24) is 9.38 Å². The summed E-state index contributed by atoms with van der Waals surface area (Å²) in [6, 6.07) is 22.4. The van der Waals surface area contributed by atoms with Crippen LogP contribution < -0.4 is 3.58 Å². The van der Waals surface area contributed by atoms with Crippen LogP contribution in [0.2, 0.25) is 13.3 Å². The molecular formula is C29H38N2Sn. The van der Waals surface area contributed by atoms with E-state index < -0.39 is 18.4 Å². The van der Waals surface area contributed by atoms with Crippen molar-refractivity contribution in [1.29, 1.82) is 0 Å². The first-order valence-electron chi connectivity index (χ1n) is 12.7. The molecule has 0 saturated carbocycles. The van der Waals surface area contributed by atoms with Crippen LogP contribution in [0.5, 0.6) is 0 Å². The molecule has 168 valence electrons. The second-order valence-corrected chi connectivity index (χ2v) is 22.7. The number of imidazole rings is 1. The fourth-order valence-corrected chi connectivity index (χ4v) is 21.2. The molecule has 0 fully saturated rings. The fourth-order valence-electron chi connectivity index (χ4n) is 5.21. The average Bonchev–Trinajstić information content (AvgIpc) is 3.21. The third-order valence-corrected chi connectivity index (χ3v) is 22.8. The Labute approximate surface area is 198 Å². The minimum absolute atomic E-state index is 1.05. The summed E-state index contributed by atoms with van der Waals surface area (Å²) in [5.74, 6) is 0. The summed E-state index contributed by atoms with van der Waals surface area (Å²) in [5, 5.41) is 0. The molecule has 4 aromatic rings. The van der Waals surface area contributed by atoms with Gasteiger partial charge < -0.3 is 0 Å². The van der Waals surface area contributed by atoms with Gasteiger partial charge in [-0.3, -0.25) is 0 Å². The molecule has 3 heteroatoms. The normalized spacial score (nSPS) is 12.1. The summed E-state index contributed by atoms with van der Waals surface area (Å²) < 4.78 is 8.48. The zero-order valence-electron chi connectivity index (χ0n) is 20.1. The standard InChI is InChI=1S/C17H11N2.3C4H9.Sn/c1-2-6-13(7-3-1)14-10-11-19-16-9-5-4-8-15(16)18-17(19)12-14;3*1-3-4-2;/h1-3,5-12H;3*1,3-4H2,2H3;. The number of rotatable bonds is 11. The van der Waals surface area contributed by atoms with Gasteiger partial charge in [0.1, 0.15) is 0 Å². The molecule has 2 heterocycles. The van der Waals surface area contributed by atoms with Crippen LogP contribution in [-0.2, 0) is 0 Å². The Hall–Kier alpha value is -1.81. The number of hydrogen-bond donors (Lipinski definition) is 0. The van der Waals surface area contributed by atoms with E-state index >= 15 is 0 Å². The van der Waals surface area contributed by atoms with Gasteiger partial charge >= 0.3 is 199 Å². The predicted octanol–water partition coefficient (Wildman–Crippen LogP) is 8.21. The SMILES string of the molecule is CCC[CH2][Sn]([CH2]CCC)([CH2]CCC)[c]1ccc2c(c1)nc1cc(-c3ccccc3)ccn12. The van der Waals surface area contributed by atoms with Crippen LogP contribution in [0.3, 0.4) is 0 Å².